The van der Waals surface area contributed by atoms with Crippen molar-refractivity contribution >= 4 is 0 Å². The summed E-state index contributed by atoms with van der Waals surface area (Å²) in [6.45, 7) is 6.98. The molecule has 0 aromatic carbocycles. The Labute approximate surface area is 161 Å². The largest absolute Gasteiger partial charge is 0.0654 e. The lowest BCUT2D eigenvalue weighted by molar-refractivity contribution is 0.377. The summed E-state index contributed by atoms with van der Waals surface area (Å²) in [5, 5.41) is 0. The Balaban J connectivity index is 3.41. The molecule has 0 rings (SSSR count). The highest BCUT2D eigenvalue weighted by Gasteiger charge is 2.07. The summed E-state index contributed by atoms with van der Waals surface area (Å²) >= 11 is 0. The highest BCUT2D eigenvalue weighted by Crippen LogP contribution is 2.23. The van der Waals surface area contributed by atoms with Crippen molar-refractivity contribution in [1.29, 1.82) is 0 Å². The maximum absolute atomic E-state index is 2.37. The van der Waals surface area contributed by atoms with Crippen LogP contribution in [0.4, 0.5) is 0 Å². The van der Waals surface area contributed by atoms with Gasteiger partial charge in [-0.05, 0) is 5.92 Å². The molecule has 0 aliphatic heterocycles. The summed E-state index contributed by atoms with van der Waals surface area (Å²) in [5.41, 5.74) is 0. The first-order valence-corrected chi connectivity index (χ1v) is 12.3. The molecule has 0 bridgehead atoms. The molecule has 0 fully saturated rings. The fourth-order valence-electron chi connectivity index (χ4n) is 4.15. The van der Waals surface area contributed by atoms with Crippen LogP contribution in [0.2, 0.25) is 0 Å². The molecule has 152 valence electrons. The Hall–Kier alpha value is 0. The lowest BCUT2D eigenvalue weighted by atomic mass is 9.90. The van der Waals surface area contributed by atoms with Gasteiger partial charge in [-0.25, -0.2) is 0 Å². The minimum absolute atomic E-state index is 1.04. The van der Waals surface area contributed by atoms with Crippen LogP contribution in [0.25, 0.3) is 0 Å². The maximum atomic E-state index is 2.37. The number of hydrogen-bond acceptors (Lipinski definition) is 0. The molecule has 0 saturated heterocycles. The average molecular weight is 353 g/mol. The van der Waals surface area contributed by atoms with Crippen LogP contribution in [0.3, 0.4) is 0 Å². The van der Waals surface area contributed by atoms with E-state index in [1.807, 2.05) is 0 Å². The lowest BCUT2D eigenvalue weighted by Gasteiger charge is -2.16. The SMILES string of the molecule is CCCCCCCCCCCCC(CCC)CCCCCCCCC. The maximum Gasteiger partial charge on any atom is -0.0414 e. The van der Waals surface area contributed by atoms with Crippen molar-refractivity contribution in [1.82, 2.24) is 0 Å². The smallest absolute Gasteiger partial charge is 0.0414 e. The number of rotatable bonds is 21. The van der Waals surface area contributed by atoms with Crippen LogP contribution in [0.1, 0.15) is 156 Å². The van der Waals surface area contributed by atoms with Crippen LogP contribution in [-0.2, 0) is 0 Å². The van der Waals surface area contributed by atoms with E-state index in [9.17, 15) is 0 Å². The van der Waals surface area contributed by atoms with E-state index in [0.717, 1.165) is 5.92 Å². The van der Waals surface area contributed by atoms with Gasteiger partial charge in [-0.15, -0.1) is 0 Å². The molecule has 0 aliphatic rings. The van der Waals surface area contributed by atoms with Gasteiger partial charge in [0.1, 0.15) is 0 Å². The molecule has 0 radical (unpaired) electrons. The third-order valence-electron chi connectivity index (χ3n) is 5.88. The van der Waals surface area contributed by atoms with E-state index in [0.29, 0.717) is 0 Å². The molecule has 0 heteroatoms. The van der Waals surface area contributed by atoms with E-state index in [2.05, 4.69) is 20.8 Å². The third kappa shape index (κ3) is 20.2. The fourth-order valence-corrected chi connectivity index (χ4v) is 4.15. The molecule has 1 unspecified atom stereocenters. The van der Waals surface area contributed by atoms with Crippen LogP contribution in [0.5, 0.6) is 0 Å². The summed E-state index contributed by atoms with van der Waals surface area (Å²) in [6, 6.07) is 0. The highest BCUT2D eigenvalue weighted by molar-refractivity contribution is 4.61. The van der Waals surface area contributed by atoms with Crippen LogP contribution in [0.15, 0.2) is 0 Å². The zero-order chi connectivity index (χ0) is 18.4. The van der Waals surface area contributed by atoms with E-state index in [-0.39, 0.29) is 0 Å². The number of unbranched alkanes of at least 4 members (excludes halogenated alkanes) is 15. The second kappa shape index (κ2) is 22.0. The molecule has 0 aromatic rings. The Morgan fingerprint density at radius 1 is 0.320 bits per heavy atom. The monoisotopic (exact) mass is 352 g/mol. The molecular weight excluding hydrogens is 300 g/mol. The van der Waals surface area contributed by atoms with Gasteiger partial charge >= 0.3 is 0 Å². The van der Waals surface area contributed by atoms with Crippen molar-refractivity contribution in [3.63, 3.8) is 0 Å². The standard InChI is InChI=1S/C25H52/c1-4-7-9-11-13-14-15-17-19-21-24-25(22-6-3)23-20-18-16-12-10-8-5-2/h25H,4-24H2,1-3H3. The van der Waals surface area contributed by atoms with Gasteiger partial charge in [0.2, 0.25) is 0 Å². The molecule has 0 heterocycles. The normalized spacial score (nSPS) is 12.6. The summed E-state index contributed by atoms with van der Waals surface area (Å²) in [5.74, 6) is 1.04. The predicted molar refractivity (Wildman–Crippen MR) is 117 cm³/mol. The summed E-state index contributed by atoms with van der Waals surface area (Å²) < 4.78 is 0. The first-order chi connectivity index (χ1) is 12.3. The van der Waals surface area contributed by atoms with Gasteiger partial charge in [0.25, 0.3) is 0 Å². The first kappa shape index (κ1) is 25.0. The second-order valence-corrected chi connectivity index (χ2v) is 8.54. The second-order valence-electron chi connectivity index (χ2n) is 8.54. The molecule has 0 saturated carbocycles. The molecule has 0 aromatic heterocycles. The van der Waals surface area contributed by atoms with Crippen LogP contribution in [-0.4, -0.2) is 0 Å². The van der Waals surface area contributed by atoms with Gasteiger partial charge < -0.3 is 0 Å². The van der Waals surface area contributed by atoms with Gasteiger partial charge in [0.15, 0.2) is 0 Å². The molecule has 0 aliphatic carbocycles. The average Bonchev–Trinajstić information content (AvgIpc) is 2.62. The zero-order valence-electron chi connectivity index (χ0n) is 18.4. The van der Waals surface area contributed by atoms with E-state index >= 15 is 0 Å². The third-order valence-corrected chi connectivity index (χ3v) is 5.88. The molecule has 25 heavy (non-hydrogen) atoms. The van der Waals surface area contributed by atoms with Gasteiger partial charge in [-0.1, -0.05) is 156 Å². The van der Waals surface area contributed by atoms with Crippen molar-refractivity contribution in [3.05, 3.63) is 0 Å². The Morgan fingerprint density at radius 2 is 0.640 bits per heavy atom. The van der Waals surface area contributed by atoms with E-state index in [1.54, 1.807) is 0 Å². The summed E-state index contributed by atoms with van der Waals surface area (Å²) in [7, 11) is 0. The van der Waals surface area contributed by atoms with Crippen molar-refractivity contribution < 1.29 is 0 Å². The molecule has 1 atom stereocenters. The van der Waals surface area contributed by atoms with Crippen molar-refractivity contribution in [3.8, 4) is 0 Å². The molecule has 0 N–H and O–H groups in total. The molecule has 0 nitrogen and oxygen atoms in total. The Morgan fingerprint density at radius 3 is 0.960 bits per heavy atom. The predicted octanol–water partition coefficient (Wildman–Crippen LogP) is 9.85. The van der Waals surface area contributed by atoms with Crippen LogP contribution >= 0.6 is 0 Å². The van der Waals surface area contributed by atoms with E-state index in [4.69, 9.17) is 0 Å². The van der Waals surface area contributed by atoms with Gasteiger partial charge in [-0.2, -0.15) is 0 Å². The van der Waals surface area contributed by atoms with Crippen LogP contribution in [0, 0.1) is 5.92 Å². The van der Waals surface area contributed by atoms with E-state index in [1.165, 1.54) is 135 Å². The first-order valence-electron chi connectivity index (χ1n) is 12.3. The minimum Gasteiger partial charge on any atom is -0.0654 e. The summed E-state index contributed by atoms with van der Waals surface area (Å²) in [4.78, 5) is 0. The van der Waals surface area contributed by atoms with Crippen molar-refractivity contribution in [2.75, 3.05) is 0 Å². The zero-order valence-corrected chi connectivity index (χ0v) is 18.4. The van der Waals surface area contributed by atoms with Crippen molar-refractivity contribution in [2.24, 2.45) is 5.92 Å². The Bertz CT molecular complexity index is 220. The Kier molecular flexibility index (Phi) is 22.0. The van der Waals surface area contributed by atoms with Gasteiger partial charge in [-0.3, -0.25) is 0 Å². The topological polar surface area (TPSA) is 0 Å². The quantitative estimate of drug-likeness (QED) is 0.180. The molecule has 0 spiro atoms. The number of hydrogen-bond donors (Lipinski definition) is 0. The summed E-state index contributed by atoms with van der Waals surface area (Å²) in [6.07, 6.45) is 30.8. The van der Waals surface area contributed by atoms with Crippen LogP contribution < -0.4 is 0 Å². The lowest BCUT2D eigenvalue weighted by Crippen LogP contribution is -2.00. The van der Waals surface area contributed by atoms with Crippen molar-refractivity contribution in [2.45, 2.75) is 156 Å². The van der Waals surface area contributed by atoms with Gasteiger partial charge in [0.05, 0.1) is 0 Å². The highest BCUT2D eigenvalue weighted by atomic mass is 14.1. The molecule has 0 amide bonds. The van der Waals surface area contributed by atoms with E-state index < -0.39 is 0 Å². The molecular formula is C25H52. The minimum atomic E-state index is 1.04. The fraction of sp³-hybridized carbons (Fsp3) is 1.00. The van der Waals surface area contributed by atoms with Gasteiger partial charge in [0, 0.05) is 0 Å².